The topological polar surface area (TPSA) is 58.2 Å². The number of anilines is 1. The Hall–Kier alpha value is -3.11. The number of hydrogen-bond acceptors (Lipinski definition) is 2. The molecule has 0 fully saturated rings. The zero-order valence-electron chi connectivity index (χ0n) is 15.5. The zero-order chi connectivity index (χ0) is 19.9. The Bertz CT molecular complexity index is 987. The second-order valence-electron chi connectivity index (χ2n) is 6.44. The summed E-state index contributed by atoms with van der Waals surface area (Å²) in [7, 11) is 0. The van der Waals surface area contributed by atoms with E-state index in [2.05, 4.69) is 10.6 Å². The predicted octanol–water partition coefficient (Wildman–Crippen LogP) is 4.87. The molecule has 0 spiro atoms. The lowest BCUT2D eigenvalue weighted by atomic mass is 10.1. The van der Waals surface area contributed by atoms with Gasteiger partial charge in [-0.2, -0.15) is 0 Å². The minimum absolute atomic E-state index is 0.204. The van der Waals surface area contributed by atoms with Gasteiger partial charge in [0.2, 0.25) is 0 Å². The Morgan fingerprint density at radius 1 is 0.857 bits per heavy atom. The smallest absolute Gasteiger partial charge is 0.255 e. The van der Waals surface area contributed by atoms with Crippen LogP contribution in [0.15, 0.2) is 72.8 Å². The van der Waals surface area contributed by atoms with Crippen molar-refractivity contribution in [3.63, 3.8) is 0 Å². The fourth-order valence-corrected chi connectivity index (χ4v) is 2.98. The summed E-state index contributed by atoms with van der Waals surface area (Å²) in [4.78, 5) is 25.0. The summed E-state index contributed by atoms with van der Waals surface area (Å²) in [6.07, 6.45) is 0.751. The Labute approximate surface area is 169 Å². The fraction of sp³-hybridized carbons (Fsp3) is 0.130. The standard InChI is InChI=1S/C23H21ClN2O2/c1-16-20(24)11-6-12-21(16)26-23(28)19-10-5-9-18(15-19)22(27)25-14-13-17-7-3-2-4-8-17/h2-12,15H,13-14H2,1H3,(H,25,27)(H,26,28). The highest BCUT2D eigenvalue weighted by Gasteiger charge is 2.12. The average Bonchev–Trinajstić information content (AvgIpc) is 2.72. The van der Waals surface area contributed by atoms with Crippen LogP contribution >= 0.6 is 11.6 Å². The van der Waals surface area contributed by atoms with Crippen LogP contribution < -0.4 is 10.6 Å². The highest BCUT2D eigenvalue weighted by molar-refractivity contribution is 6.31. The van der Waals surface area contributed by atoms with Crippen LogP contribution in [0.5, 0.6) is 0 Å². The van der Waals surface area contributed by atoms with Crippen LogP contribution in [0.2, 0.25) is 5.02 Å². The molecule has 28 heavy (non-hydrogen) atoms. The van der Waals surface area contributed by atoms with Crippen LogP contribution in [0.1, 0.15) is 31.8 Å². The monoisotopic (exact) mass is 392 g/mol. The van der Waals surface area contributed by atoms with E-state index in [9.17, 15) is 9.59 Å². The van der Waals surface area contributed by atoms with Gasteiger partial charge in [-0.3, -0.25) is 9.59 Å². The number of carbonyl (C=O) groups excluding carboxylic acids is 2. The number of carbonyl (C=O) groups is 2. The first-order valence-electron chi connectivity index (χ1n) is 9.03. The number of nitrogens with one attached hydrogen (secondary N) is 2. The number of amides is 2. The van der Waals surface area contributed by atoms with E-state index >= 15 is 0 Å². The molecule has 3 aromatic carbocycles. The first-order valence-corrected chi connectivity index (χ1v) is 9.41. The van der Waals surface area contributed by atoms with E-state index in [0.29, 0.717) is 28.4 Å². The normalized spacial score (nSPS) is 10.4. The van der Waals surface area contributed by atoms with E-state index in [-0.39, 0.29) is 11.8 Å². The molecule has 0 aliphatic heterocycles. The third-order valence-electron chi connectivity index (χ3n) is 4.44. The summed E-state index contributed by atoms with van der Waals surface area (Å²) >= 11 is 6.10. The maximum atomic E-state index is 12.6. The van der Waals surface area contributed by atoms with Crippen LogP contribution in [0.4, 0.5) is 5.69 Å². The summed E-state index contributed by atoms with van der Waals surface area (Å²) in [6.45, 7) is 2.37. The van der Waals surface area contributed by atoms with Crippen LogP contribution in [-0.4, -0.2) is 18.4 Å². The lowest BCUT2D eigenvalue weighted by molar-refractivity contribution is 0.0954. The SMILES string of the molecule is Cc1c(Cl)cccc1NC(=O)c1cccc(C(=O)NCCc2ccccc2)c1. The molecule has 142 valence electrons. The Balaban J connectivity index is 1.63. The Kier molecular flexibility index (Phi) is 6.45. The molecule has 0 atom stereocenters. The van der Waals surface area contributed by atoms with Crippen molar-refractivity contribution in [3.05, 3.63) is 100 Å². The lowest BCUT2D eigenvalue weighted by Crippen LogP contribution is -2.26. The molecular weight excluding hydrogens is 372 g/mol. The van der Waals surface area contributed by atoms with Crippen LogP contribution in [-0.2, 0) is 6.42 Å². The molecule has 0 saturated carbocycles. The van der Waals surface area contributed by atoms with Gasteiger partial charge in [-0.15, -0.1) is 0 Å². The summed E-state index contributed by atoms with van der Waals surface area (Å²) in [5.41, 5.74) is 3.47. The highest BCUT2D eigenvalue weighted by Crippen LogP contribution is 2.23. The minimum atomic E-state index is -0.288. The van der Waals surface area contributed by atoms with E-state index in [1.807, 2.05) is 37.3 Å². The Morgan fingerprint density at radius 2 is 1.54 bits per heavy atom. The quantitative estimate of drug-likeness (QED) is 0.628. The van der Waals surface area contributed by atoms with Crippen molar-refractivity contribution in [3.8, 4) is 0 Å². The van der Waals surface area contributed by atoms with Crippen LogP contribution in [0.25, 0.3) is 0 Å². The van der Waals surface area contributed by atoms with Gasteiger partial charge in [-0.25, -0.2) is 0 Å². The molecule has 3 aromatic rings. The van der Waals surface area contributed by atoms with Gasteiger partial charge in [0.1, 0.15) is 0 Å². The van der Waals surface area contributed by atoms with Gasteiger partial charge >= 0.3 is 0 Å². The molecule has 3 rings (SSSR count). The molecule has 0 aromatic heterocycles. The second-order valence-corrected chi connectivity index (χ2v) is 6.85. The number of benzene rings is 3. The second kappa shape index (κ2) is 9.20. The molecule has 0 saturated heterocycles. The molecule has 2 amide bonds. The van der Waals surface area contributed by atoms with E-state index < -0.39 is 0 Å². The summed E-state index contributed by atoms with van der Waals surface area (Å²) < 4.78 is 0. The number of rotatable bonds is 6. The van der Waals surface area contributed by atoms with E-state index in [4.69, 9.17) is 11.6 Å². The molecule has 0 unspecified atom stereocenters. The van der Waals surface area contributed by atoms with Gasteiger partial charge in [-0.05, 0) is 54.8 Å². The molecule has 2 N–H and O–H groups in total. The minimum Gasteiger partial charge on any atom is -0.352 e. The predicted molar refractivity (Wildman–Crippen MR) is 113 cm³/mol. The van der Waals surface area contributed by atoms with E-state index in [1.54, 1.807) is 42.5 Å². The van der Waals surface area contributed by atoms with Gasteiger partial charge in [0.25, 0.3) is 11.8 Å². The molecule has 0 radical (unpaired) electrons. The van der Waals surface area contributed by atoms with Gasteiger partial charge in [0.15, 0.2) is 0 Å². The molecule has 0 aliphatic carbocycles. The molecular formula is C23H21ClN2O2. The lowest BCUT2D eigenvalue weighted by Gasteiger charge is -2.10. The molecule has 0 aliphatic rings. The van der Waals surface area contributed by atoms with Crippen molar-refractivity contribution in [1.29, 1.82) is 0 Å². The van der Waals surface area contributed by atoms with Gasteiger partial charge in [0, 0.05) is 28.4 Å². The van der Waals surface area contributed by atoms with Crippen molar-refractivity contribution in [2.24, 2.45) is 0 Å². The first-order chi connectivity index (χ1) is 13.5. The molecule has 4 nitrogen and oxygen atoms in total. The highest BCUT2D eigenvalue weighted by atomic mass is 35.5. The van der Waals surface area contributed by atoms with Crippen molar-refractivity contribution in [1.82, 2.24) is 5.32 Å². The van der Waals surface area contributed by atoms with Gasteiger partial charge in [0.05, 0.1) is 0 Å². The van der Waals surface area contributed by atoms with Gasteiger partial charge < -0.3 is 10.6 Å². The van der Waals surface area contributed by atoms with E-state index in [0.717, 1.165) is 17.5 Å². The third-order valence-corrected chi connectivity index (χ3v) is 4.85. The maximum absolute atomic E-state index is 12.6. The summed E-state index contributed by atoms with van der Waals surface area (Å²) in [6, 6.07) is 22.0. The first kappa shape index (κ1) is 19.6. The van der Waals surface area contributed by atoms with Crippen LogP contribution in [0.3, 0.4) is 0 Å². The van der Waals surface area contributed by atoms with Crippen LogP contribution in [0, 0.1) is 6.92 Å². The van der Waals surface area contributed by atoms with E-state index in [1.165, 1.54) is 0 Å². The van der Waals surface area contributed by atoms with Gasteiger partial charge in [-0.1, -0.05) is 54.1 Å². The van der Waals surface area contributed by atoms with Crippen molar-refractivity contribution < 1.29 is 9.59 Å². The van der Waals surface area contributed by atoms with Crippen molar-refractivity contribution >= 4 is 29.1 Å². The maximum Gasteiger partial charge on any atom is 0.255 e. The fourth-order valence-electron chi connectivity index (χ4n) is 2.81. The largest absolute Gasteiger partial charge is 0.352 e. The number of hydrogen-bond donors (Lipinski definition) is 2. The average molecular weight is 393 g/mol. The third kappa shape index (κ3) is 4.99. The molecule has 5 heteroatoms. The molecule has 0 heterocycles. The van der Waals surface area contributed by atoms with Crippen molar-refractivity contribution in [2.45, 2.75) is 13.3 Å². The summed E-state index contributed by atoms with van der Waals surface area (Å²) in [5, 5.41) is 6.32. The number of halogens is 1. The Morgan fingerprint density at radius 3 is 2.29 bits per heavy atom. The zero-order valence-corrected chi connectivity index (χ0v) is 16.3. The van der Waals surface area contributed by atoms with Crippen molar-refractivity contribution in [2.75, 3.05) is 11.9 Å². The summed E-state index contributed by atoms with van der Waals surface area (Å²) in [5.74, 6) is -0.492. The molecule has 0 bridgehead atoms.